The molecule has 0 saturated carbocycles. The fraction of sp³-hybridized carbons (Fsp3) is 0.348. The lowest BCUT2D eigenvalue weighted by Gasteiger charge is -2.30. The number of rotatable bonds is 8. The number of nitrogens with one attached hydrogen (secondary N) is 1. The van der Waals surface area contributed by atoms with Crippen molar-refractivity contribution in [1.29, 1.82) is 0 Å². The molecule has 1 fully saturated rings. The third-order valence-electron chi connectivity index (χ3n) is 5.30. The fourth-order valence-corrected chi connectivity index (χ4v) is 4.00. The molecule has 2 heterocycles. The van der Waals surface area contributed by atoms with E-state index in [0.29, 0.717) is 53.8 Å². The summed E-state index contributed by atoms with van der Waals surface area (Å²) < 4.78 is 11.0. The molecule has 1 amide bonds. The summed E-state index contributed by atoms with van der Waals surface area (Å²) in [7, 11) is 0. The van der Waals surface area contributed by atoms with Crippen LogP contribution in [0.25, 0.3) is 11.4 Å². The zero-order chi connectivity index (χ0) is 22.3. The minimum absolute atomic E-state index is 0.0323. The van der Waals surface area contributed by atoms with Gasteiger partial charge in [-0.15, -0.1) is 0 Å². The van der Waals surface area contributed by atoms with Crippen LogP contribution in [0, 0.1) is 5.92 Å². The van der Waals surface area contributed by atoms with Crippen LogP contribution in [0.1, 0.15) is 18.7 Å². The van der Waals surface area contributed by atoms with E-state index >= 15 is 0 Å². The van der Waals surface area contributed by atoms with Gasteiger partial charge in [0, 0.05) is 17.1 Å². The van der Waals surface area contributed by atoms with Gasteiger partial charge >= 0.3 is 0 Å². The summed E-state index contributed by atoms with van der Waals surface area (Å²) in [5.41, 5.74) is 0.847. The molecule has 168 valence electrons. The zero-order valence-electron chi connectivity index (χ0n) is 17.5. The van der Waals surface area contributed by atoms with E-state index in [1.54, 1.807) is 24.3 Å². The van der Waals surface area contributed by atoms with Gasteiger partial charge in [0.05, 0.1) is 24.0 Å². The highest BCUT2D eigenvalue weighted by Crippen LogP contribution is 2.23. The largest absolute Gasteiger partial charge is 0.490 e. The minimum atomic E-state index is -0.0808. The van der Waals surface area contributed by atoms with Crippen LogP contribution in [0.4, 0.5) is 0 Å². The second-order valence-electron chi connectivity index (χ2n) is 7.66. The molecule has 2 aromatic carbocycles. The van der Waals surface area contributed by atoms with E-state index < -0.39 is 0 Å². The summed E-state index contributed by atoms with van der Waals surface area (Å²) >= 11 is 12.0. The highest BCUT2D eigenvalue weighted by atomic mass is 35.5. The van der Waals surface area contributed by atoms with E-state index in [-0.39, 0.29) is 11.8 Å². The second-order valence-corrected chi connectivity index (χ2v) is 8.51. The highest BCUT2D eigenvalue weighted by molar-refractivity contribution is 6.32. The van der Waals surface area contributed by atoms with Gasteiger partial charge in [-0.2, -0.15) is 4.98 Å². The van der Waals surface area contributed by atoms with Gasteiger partial charge in [-0.25, -0.2) is 0 Å². The Morgan fingerprint density at radius 2 is 2.00 bits per heavy atom. The number of para-hydroxylation sites is 1. The Bertz CT molecular complexity index is 1040. The first-order chi connectivity index (χ1) is 15.6. The molecular weight excluding hydrogens is 451 g/mol. The van der Waals surface area contributed by atoms with Crippen LogP contribution in [0.2, 0.25) is 10.0 Å². The van der Waals surface area contributed by atoms with E-state index in [9.17, 15) is 4.79 Å². The van der Waals surface area contributed by atoms with Crippen LogP contribution in [-0.2, 0) is 11.3 Å². The zero-order valence-corrected chi connectivity index (χ0v) is 19.0. The molecule has 0 radical (unpaired) electrons. The van der Waals surface area contributed by atoms with E-state index in [1.807, 2.05) is 24.3 Å². The number of piperidine rings is 1. The highest BCUT2D eigenvalue weighted by Gasteiger charge is 2.26. The number of benzene rings is 2. The number of hydrogen-bond acceptors (Lipinski definition) is 6. The fourth-order valence-electron chi connectivity index (χ4n) is 3.68. The normalized spacial score (nSPS) is 16.6. The van der Waals surface area contributed by atoms with E-state index in [0.717, 1.165) is 24.9 Å². The number of halogens is 2. The summed E-state index contributed by atoms with van der Waals surface area (Å²) in [6, 6.07) is 14.6. The summed E-state index contributed by atoms with van der Waals surface area (Å²) in [6.45, 7) is 2.84. The minimum Gasteiger partial charge on any atom is -0.490 e. The maximum Gasteiger partial charge on any atom is 0.241 e. The Hall–Kier alpha value is -2.61. The average molecular weight is 475 g/mol. The third-order valence-corrected chi connectivity index (χ3v) is 5.87. The molecule has 9 heteroatoms. The average Bonchev–Trinajstić information content (AvgIpc) is 3.26. The lowest BCUT2D eigenvalue weighted by molar-refractivity contribution is -0.126. The van der Waals surface area contributed by atoms with Crippen LogP contribution in [-0.4, -0.2) is 47.2 Å². The number of aromatic nitrogens is 2. The van der Waals surface area contributed by atoms with Crippen molar-refractivity contribution in [2.75, 3.05) is 26.2 Å². The van der Waals surface area contributed by atoms with Gasteiger partial charge in [0.15, 0.2) is 0 Å². The Morgan fingerprint density at radius 1 is 1.19 bits per heavy atom. The number of nitrogens with zero attached hydrogens (tertiary/aromatic N) is 3. The smallest absolute Gasteiger partial charge is 0.241 e. The number of carbonyl (C=O) groups is 1. The Labute approximate surface area is 196 Å². The van der Waals surface area contributed by atoms with Gasteiger partial charge in [0.1, 0.15) is 12.4 Å². The van der Waals surface area contributed by atoms with Crippen molar-refractivity contribution in [3.63, 3.8) is 0 Å². The topological polar surface area (TPSA) is 80.5 Å². The number of amides is 1. The van der Waals surface area contributed by atoms with E-state index in [1.165, 1.54) is 0 Å². The van der Waals surface area contributed by atoms with Crippen LogP contribution in [0.3, 0.4) is 0 Å². The van der Waals surface area contributed by atoms with Crippen molar-refractivity contribution in [3.8, 4) is 17.1 Å². The Morgan fingerprint density at radius 3 is 2.81 bits per heavy atom. The SMILES string of the molecule is O=C(NCCOc1ccccc1Cl)C1CCCN(Cc2nc(-c3ccc(Cl)cc3)no2)C1. The first kappa shape index (κ1) is 22.6. The van der Waals surface area contributed by atoms with E-state index in [2.05, 4.69) is 20.4 Å². The van der Waals surface area contributed by atoms with Crippen LogP contribution >= 0.6 is 23.2 Å². The molecule has 0 spiro atoms. The third kappa shape index (κ3) is 6.00. The molecule has 1 unspecified atom stereocenters. The number of likely N-dealkylation sites (tertiary alicyclic amines) is 1. The van der Waals surface area contributed by atoms with Crippen LogP contribution in [0.15, 0.2) is 53.1 Å². The molecule has 1 aliphatic heterocycles. The van der Waals surface area contributed by atoms with Crippen molar-refractivity contribution >= 4 is 29.1 Å². The molecule has 1 atom stereocenters. The molecule has 1 aliphatic rings. The summed E-state index contributed by atoms with van der Waals surface area (Å²) in [5.74, 6) is 1.63. The first-order valence-electron chi connectivity index (χ1n) is 10.5. The summed E-state index contributed by atoms with van der Waals surface area (Å²) in [5, 5.41) is 8.23. The number of hydrogen-bond donors (Lipinski definition) is 1. The second kappa shape index (κ2) is 10.8. The molecule has 32 heavy (non-hydrogen) atoms. The lowest BCUT2D eigenvalue weighted by atomic mass is 9.97. The van der Waals surface area contributed by atoms with Crippen LogP contribution < -0.4 is 10.1 Å². The van der Waals surface area contributed by atoms with Gasteiger partial charge in [0.2, 0.25) is 17.6 Å². The van der Waals surface area contributed by atoms with Gasteiger partial charge in [-0.1, -0.05) is 40.5 Å². The quantitative estimate of drug-likeness (QED) is 0.485. The van der Waals surface area contributed by atoms with Gasteiger partial charge in [-0.05, 0) is 55.8 Å². The van der Waals surface area contributed by atoms with Crippen molar-refractivity contribution < 1.29 is 14.1 Å². The van der Waals surface area contributed by atoms with Crippen molar-refractivity contribution in [3.05, 3.63) is 64.5 Å². The molecule has 3 aromatic rings. The summed E-state index contributed by atoms with van der Waals surface area (Å²) in [4.78, 5) is 19.3. The maximum atomic E-state index is 12.6. The standard InChI is InChI=1S/C23H24Cl2N4O3/c24-18-9-7-16(8-10-18)22-27-21(32-28-22)15-29-12-3-4-17(14-29)23(30)26-11-13-31-20-6-2-1-5-19(20)25/h1-2,5-10,17H,3-4,11-15H2,(H,26,30). The molecule has 1 N–H and O–H groups in total. The molecular formula is C23H24Cl2N4O3. The van der Waals surface area contributed by atoms with Gasteiger partial charge in [0.25, 0.3) is 0 Å². The molecule has 1 aromatic heterocycles. The van der Waals surface area contributed by atoms with Crippen LogP contribution in [0.5, 0.6) is 5.75 Å². The number of ether oxygens (including phenoxy) is 1. The molecule has 0 bridgehead atoms. The first-order valence-corrected chi connectivity index (χ1v) is 11.3. The molecule has 0 aliphatic carbocycles. The predicted molar refractivity (Wildman–Crippen MR) is 123 cm³/mol. The lowest BCUT2D eigenvalue weighted by Crippen LogP contribution is -2.43. The Kier molecular flexibility index (Phi) is 7.63. The molecule has 7 nitrogen and oxygen atoms in total. The predicted octanol–water partition coefficient (Wildman–Crippen LogP) is 4.45. The summed E-state index contributed by atoms with van der Waals surface area (Å²) in [6.07, 6.45) is 1.79. The monoisotopic (exact) mass is 474 g/mol. The maximum absolute atomic E-state index is 12.6. The van der Waals surface area contributed by atoms with Gasteiger partial charge in [-0.3, -0.25) is 9.69 Å². The molecule has 4 rings (SSSR count). The van der Waals surface area contributed by atoms with Crippen molar-refractivity contribution in [2.45, 2.75) is 19.4 Å². The van der Waals surface area contributed by atoms with E-state index in [4.69, 9.17) is 32.5 Å². The van der Waals surface area contributed by atoms with Gasteiger partial charge < -0.3 is 14.6 Å². The van der Waals surface area contributed by atoms with Crippen molar-refractivity contribution in [1.82, 2.24) is 20.4 Å². The number of carbonyl (C=O) groups excluding carboxylic acids is 1. The van der Waals surface area contributed by atoms with Crippen molar-refractivity contribution in [2.24, 2.45) is 5.92 Å². The molecule has 1 saturated heterocycles. The Balaban J connectivity index is 1.24.